The summed E-state index contributed by atoms with van der Waals surface area (Å²) in [7, 11) is 1.82. The van der Waals surface area contributed by atoms with Crippen molar-refractivity contribution in [1.29, 1.82) is 0 Å². The summed E-state index contributed by atoms with van der Waals surface area (Å²) in [6, 6.07) is 7.54. The second-order valence-electron chi connectivity index (χ2n) is 4.12. The second-order valence-corrected chi connectivity index (χ2v) is 5.04. The smallest absolute Gasteiger partial charge is 0.146 e. The topological polar surface area (TPSA) is 24.9 Å². The van der Waals surface area contributed by atoms with Gasteiger partial charge in [-0.15, -0.1) is 0 Å². The highest BCUT2D eigenvalue weighted by Gasteiger charge is 2.18. The third-order valence-corrected chi connectivity index (χ3v) is 3.45. The third-order valence-electron chi connectivity index (χ3n) is 2.96. The fraction of sp³-hybridized carbons (Fsp3) is 0.214. The summed E-state index contributed by atoms with van der Waals surface area (Å²) < 4.78 is 14.8. The molecule has 0 saturated carbocycles. The normalized spacial score (nSPS) is 12.4. The van der Waals surface area contributed by atoms with Crippen LogP contribution in [0.5, 0.6) is 0 Å². The van der Waals surface area contributed by atoms with Gasteiger partial charge >= 0.3 is 0 Å². The molecule has 0 spiro atoms. The molecule has 2 aromatic rings. The fourth-order valence-electron chi connectivity index (χ4n) is 2.02. The number of aryl methyl sites for hydroxylation is 1. The molecule has 1 atom stereocenters. The summed E-state index contributed by atoms with van der Waals surface area (Å²) in [4.78, 5) is 3.78. The Morgan fingerprint density at radius 2 is 2.06 bits per heavy atom. The molecule has 1 aromatic heterocycles. The standard InChI is InChI=1S/C14H14BrFN2/c1-9-3-4-10(15)7-12(9)14(17-2)11-5-6-18-8-13(11)16/h3-8,14,17H,1-2H3. The van der Waals surface area contributed by atoms with Gasteiger partial charge in [-0.1, -0.05) is 22.0 Å². The Morgan fingerprint density at radius 3 is 2.72 bits per heavy atom. The van der Waals surface area contributed by atoms with Crippen molar-refractivity contribution in [3.8, 4) is 0 Å². The summed E-state index contributed by atoms with van der Waals surface area (Å²) in [6.45, 7) is 2.02. The Bertz CT molecular complexity index is 557. The molecule has 1 aromatic carbocycles. The second kappa shape index (κ2) is 5.59. The Morgan fingerprint density at radius 1 is 1.28 bits per heavy atom. The van der Waals surface area contributed by atoms with E-state index in [1.165, 1.54) is 6.20 Å². The van der Waals surface area contributed by atoms with Crippen molar-refractivity contribution >= 4 is 15.9 Å². The highest BCUT2D eigenvalue weighted by molar-refractivity contribution is 9.10. The molecule has 2 nitrogen and oxygen atoms in total. The zero-order valence-electron chi connectivity index (χ0n) is 10.2. The average molecular weight is 309 g/mol. The van der Waals surface area contributed by atoms with Crippen LogP contribution in [0, 0.1) is 12.7 Å². The molecule has 0 aliphatic rings. The zero-order valence-corrected chi connectivity index (χ0v) is 11.8. The van der Waals surface area contributed by atoms with Crippen LogP contribution in [0.25, 0.3) is 0 Å². The van der Waals surface area contributed by atoms with Crippen LogP contribution in [-0.2, 0) is 0 Å². The molecule has 1 N–H and O–H groups in total. The van der Waals surface area contributed by atoms with Crippen LogP contribution in [0.1, 0.15) is 22.7 Å². The average Bonchev–Trinajstić information content (AvgIpc) is 2.36. The van der Waals surface area contributed by atoms with E-state index in [1.807, 2.05) is 32.2 Å². The Balaban J connectivity index is 2.52. The van der Waals surface area contributed by atoms with E-state index in [0.29, 0.717) is 5.56 Å². The summed E-state index contributed by atoms with van der Waals surface area (Å²) in [5.41, 5.74) is 2.78. The van der Waals surface area contributed by atoms with Crippen molar-refractivity contribution in [3.63, 3.8) is 0 Å². The minimum atomic E-state index is -0.295. The van der Waals surface area contributed by atoms with Crippen LogP contribution in [0.4, 0.5) is 4.39 Å². The third kappa shape index (κ3) is 2.60. The summed E-state index contributed by atoms with van der Waals surface area (Å²) in [5.74, 6) is -0.295. The lowest BCUT2D eigenvalue weighted by Gasteiger charge is -2.20. The molecule has 0 radical (unpaired) electrons. The molecule has 94 valence electrons. The molecule has 0 aliphatic carbocycles. The van der Waals surface area contributed by atoms with Crippen LogP contribution in [-0.4, -0.2) is 12.0 Å². The van der Waals surface area contributed by atoms with E-state index in [-0.39, 0.29) is 11.9 Å². The zero-order chi connectivity index (χ0) is 13.1. The number of aromatic nitrogens is 1. The number of rotatable bonds is 3. The molecule has 2 rings (SSSR count). The number of hydrogen-bond donors (Lipinski definition) is 1. The van der Waals surface area contributed by atoms with E-state index in [0.717, 1.165) is 15.6 Å². The highest BCUT2D eigenvalue weighted by Crippen LogP contribution is 2.28. The summed E-state index contributed by atoms with van der Waals surface area (Å²) in [6.07, 6.45) is 2.85. The Labute approximate surface area is 114 Å². The monoisotopic (exact) mass is 308 g/mol. The van der Waals surface area contributed by atoms with Gasteiger partial charge in [0, 0.05) is 16.2 Å². The molecule has 18 heavy (non-hydrogen) atoms. The van der Waals surface area contributed by atoms with Gasteiger partial charge in [-0.3, -0.25) is 4.98 Å². The quantitative estimate of drug-likeness (QED) is 0.937. The van der Waals surface area contributed by atoms with Crippen molar-refractivity contribution in [2.24, 2.45) is 0 Å². The first-order chi connectivity index (χ1) is 8.63. The van der Waals surface area contributed by atoms with E-state index in [1.54, 1.807) is 12.3 Å². The van der Waals surface area contributed by atoms with E-state index >= 15 is 0 Å². The van der Waals surface area contributed by atoms with Gasteiger partial charge in [0.1, 0.15) is 5.82 Å². The van der Waals surface area contributed by atoms with Crippen LogP contribution < -0.4 is 5.32 Å². The van der Waals surface area contributed by atoms with Crippen LogP contribution in [0.15, 0.2) is 41.1 Å². The first-order valence-corrected chi connectivity index (χ1v) is 6.45. The number of nitrogens with zero attached hydrogens (tertiary/aromatic N) is 1. The van der Waals surface area contributed by atoms with Crippen LogP contribution >= 0.6 is 15.9 Å². The van der Waals surface area contributed by atoms with E-state index < -0.39 is 0 Å². The summed E-state index contributed by atoms with van der Waals surface area (Å²) >= 11 is 3.45. The van der Waals surface area contributed by atoms with Crippen molar-refractivity contribution in [1.82, 2.24) is 10.3 Å². The predicted molar refractivity (Wildman–Crippen MR) is 74.0 cm³/mol. The van der Waals surface area contributed by atoms with Crippen LogP contribution in [0.3, 0.4) is 0 Å². The molecule has 1 unspecified atom stereocenters. The number of benzene rings is 1. The maximum Gasteiger partial charge on any atom is 0.146 e. The lowest BCUT2D eigenvalue weighted by Crippen LogP contribution is -2.20. The number of hydrogen-bond acceptors (Lipinski definition) is 2. The van der Waals surface area contributed by atoms with Crippen molar-refractivity contribution < 1.29 is 4.39 Å². The van der Waals surface area contributed by atoms with E-state index in [9.17, 15) is 4.39 Å². The largest absolute Gasteiger partial charge is 0.309 e. The molecule has 0 aliphatic heterocycles. The van der Waals surface area contributed by atoms with Gasteiger partial charge < -0.3 is 5.32 Å². The maximum absolute atomic E-state index is 13.8. The predicted octanol–water partition coefficient (Wildman–Crippen LogP) is 3.60. The van der Waals surface area contributed by atoms with Crippen LogP contribution in [0.2, 0.25) is 0 Å². The van der Waals surface area contributed by atoms with Gasteiger partial charge in [0.2, 0.25) is 0 Å². The van der Waals surface area contributed by atoms with Gasteiger partial charge in [0.25, 0.3) is 0 Å². The first-order valence-electron chi connectivity index (χ1n) is 5.66. The van der Waals surface area contributed by atoms with Crippen molar-refractivity contribution in [2.75, 3.05) is 7.05 Å². The van der Waals surface area contributed by atoms with Gasteiger partial charge in [0.15, 0.2) is 0 Å². The SMILES string of the molecule is CNC(c1cc(Br)ccc1C)c1ccncc1F. The van der Waals surface area contributed by atoms with Crippen molar-refractivity contribution in [3.05, 3.63) is 63.6 Å². The molecule has 0 saturated heterocycles. The molecular weight excluding hydrogens is 295 g/mol. The lowest BCUT2D eigenvalue weighted by molar-refractivity contribution is 0.570. The molecule has 4 heteroatoms. The number of pyridine rings is 1. The van der Waals surface area contributed by atoms with Crippen molar-refractivity contribution in [2.45, 2.75) is 13.0 Å². The minimum Gasteiger partial charge on any atom is -0.309 e. The van der Waals surface area contributed by atoms with Gasteiger partial charge in [-0.25, -0.2) is 4.39 Å². The molecule has 0 amide bonds. The molecular formula is C14H14BrFN2. The first kappa shape index (κ1) is 13.2. The highest BCUT2D eigenvalue weighted by atomic mass is 79.9. The minimum absolute atomic E-state index is 0.175. The number of nitrogens with one attached hydrogen (secondary N) is 1. The van der Waals surface area contributed by atoms with Gasteiger partial charge in [0.05, 0.1) is 12.2 Å². The maximum atomic E-state index is 13.8. The van der Waals surface area contributed by atoms with Gasteiger partial charge in [-0.05, 0) is 43.3 Å². The molecule has 0 fully saturated rings. The molecule has 1 heterocycles. The number of halogens is 2. The Kier molecular flexibility index (Phi) is 4.09. The lowest BCUT2D eigenvalue weighted by atomic mass is 9.95. The van der Waals surface area contributed by atoms with Gasteiger partial charge in [-0.2, -0.15) is 0 Å². The Hall–Kier alpha value is -1.26. The summed E-state index contributed by atoms with van der Waals surface area (Å²) in [5, 5.41) is 3.15. The van der Waals surface area contributed by atoms with E-state index in [4.69, 9.17) is 0 Å². The molecule has 0 bridgehead atoms. The fourth-order valence-corrected chi connectivity index (χ4v) is 2.40. The van der Waals surface area contributed by atoms with E-state index in [2.05, 4.69) is 26.2 Å².